The van der Waals surface area contributed by atoms with Gasteiger partial charge in [-0.25, -0.2) is 9.78 Å². The molecule has 0 amide bonds. The molecule has 0 saturated heterocycles. The zero-order valence-corrected chi connectivity index (χ0v) is 10.8. The van der Waals surface area contributed by atoms with Gasteiger partial charge in [-0.3, -0.25) is 0 Å². The maximum absolute atomic E-state index is 10.9. The summed E-state index contributed by atoms with van der Waals surface area (Å²) < 4.78 is 0. The second-order valence-corrected chi connectivity index (χ2v) is 4.33. The van der Waals surface area contributed by atoms with Crippen molar-refractivity contribution in [3.63, 3.8) is 0 Å². The summed E-state index contributed by atoms with van der Waals surface area (Å²) in [6, 6.07) is 1.43. The lowest BCUT2D eigenvalue weighted by atomic mass is 10.2. The van der Waals surface area contributed by atoms with Crippen molar-refractivity contribution in [3.8, 4) is 0 Å². The summed E-state index contributed by atoms with van der Waals surface area (Å²) in [5.41, 5.74) is 0.0504. The highest BCUT2D eigenvalue weighted by atomic mass is 35.5. The van der Waals surface area contributed by atoms with Crippen LogP contribution in [-0.4, -0.2) is 34.3 Å². The van der Waals surface area contributed by atoms with Crippen LogP contribution in [0.1, 0.15) is 36.0 Å². The van der Waals surface area contributed by atoms with E-state index in [1.807, 2.05) is 0 Å². The number of pyridine rings is 1. The minimum atomic E-state index is -1.06. The van der Waals surface area contributed by atoms with E-state index in [1.54, 1.807) is 0 Å². The Kier molecular flexibility index (Phi) is 6.46. The van der Waals surface area contributed by atoms with Gasteiger partial charge in [-0.2, -0.15) is 0 Å². The summed E-state index contributed by atoms with van der Waals surface area (Å²) >= 11 is 5.71. The van der Waals surface area contributed by atoms with Gasteiger partial charge in [0.25, 0.3) is 0 Å². The van der Waals surface area contributed by atoms with Gasteiger partial charge in [0.15, 0.2) is 0 Å². The molecule has 100 valence electrons. The van der Waals surface area contributed by atoms with E-state index < -0.39 is 5.97 Å². The normalized spacial score (nSPS) is 10.3. The summed E-state index contributed by atoms with van der Waals surface area (Å²) in [6.45, 7) is 0.952. The number of aromatic carboxylic acids is 1. The van der Waals surface area contributed by atoms with Gasteiger partial charge in [-0.05, 0) is 18.9 Å². The standard InChI is InChI=1S/C12H17ClN2O3/c13-10-8-15-11(7-9(10)12(17)18)14-5-3-1-2-4-6-16/h7-8,16H,1-6H2,(H,14,15)(H,17,18). The molecule has 0 radical (unpaired) electrons. The van der Waals surface area contributed by atoms with Crippen molar-refractivity contribution in [3.05, 3.63) is 22.8 Å². The van der Waals surface area contributed by atoms with Crippen LogP contribution < -0.4 is 5.32 Å². The molecule has 5 nitrogen and oxygen atoms in total. The maximum atomic E-state index is 10.9. The highest BCUT2D eigenvalue weighted by Gasteiger charge is 2.09. The minimum Gasteiger partial charge on any atom is -0.478 e. The van der Waals surface area contributed by atoms with E-state index in [-0.39, 0.29) is 17.2 Å². The molecule has 0 bridgehead atoms. The Morgan fingerprint density at radius 3 is 2.72 bits per heavy atom. The van der Waals surface area contributed by atoms with Crippen LogP contribution >= 0.6 is 11.6 Å². The van der Waals surface area contributed by atoms with Gasteiger partial charge >= 0.3 is 5.97 Å². The van der Waals surface area contributed by atoms with E-state index in [9.17, 15) is 4.79 Å². The predicted octanol–water partition coefficient (Wildman–Crippen LogP) is 2.40. The van der Waals surface area contributed by atoms with Gasteiger partial charge in [0.2, 0.25) is 0 Å². The molecule has 1 heterocycles. The Bertz CT molecular complexity index is 399. The molecule has 3 N–H and O–H groups in total. The Labute approximate surface area is 111 Å². The second-order valence-electron chi connectivity index (χ2n) is 3.92. The molecule has 0 aliphatic carbocycles. The summed E-state index contributed by atoms with van der Waals surface area (Å²) in [7, 11) is 0. The number of anilines is 1. The first kappa shape index (κ1) is 14.7. The molecule has 18 heavy (non-hydrogen) atoms. The van der Waals surface area contributed by atoms with E-state index in [4.69, 9.17) is 21.8 Å². The molecule has 0 atom stereocenters. The van der Waals surface area contributed by atoms with Crippen molar-refractivity contribution in [1.82, 2.24) is 4.98 Å². The minimum absolute atomic E-state index is 0.0504. The molecule has 1 rings (SSSR count). The van der Waals surface area contributed by atoms with Crippen LogP contribution in [0.3, 0.4) is 0 Å². The number of unbranched alkanes of at least 4 members (excludes halogenated alkanes) is 3. The number of aromatic nitrogens is 1. The quantitative estimate of drug-likeness (QED) is 0.633. The highest BCUT2D eigenvalue weighted by Crippen LogP contribution is 2.17. The number of nitrogens with one attached hydrogen (secondary N) is 1. The predicted molar refractivity (Wildman–Crippen MR) is 70.2 cm³/mol. The van der Waals surface area contributed by atoms with Crippen LogP contribution in [0.2, 0.25) is 5.02 Å². The van der Waals surface area contributed by atoms with Gasteiger partial charge in [0.05, 0.1) is 10.6 Å². The zero-order chi connectivity index (χ0) is 13.4. The number of carboxylic acid groups (broad SMARTS) is 1. The topological polar surface area (TPSA) is 82.5 Å². The van der Waals surface area contributed by atoms with Gasteiger partial charge in [0.1, 0.15) is 5.82 Å². The van der Waals surface area contributed by atoms with Gasteiger partial charge in [-0.1, -0.05) is 24.4 Å². The molecule has 1 aromatic heterocycles. The zero-order valence-electron chi connectivity index (χ0n) is 10.0. The molecule has 0 unspecified atom stereocenters. The van der Waals surface area contributed by atoms with Crippen molar-refractivity contribution in [2.75, 3.05) is 18.5 Å². The second kappa shape index (κ2) is 7.89. The SMILES string of the molecule is O=C(O)c1cc(NCCCCCCO)ncc1Cl. The van der Waals surface area contributed by atoms with Crippen molar-refractivity contribution in [2.45, 2.75) is 25.7 Å². The number of hydrogen-bond donors (Lipinski definition) is 3. The average Bonchev–Trinajstić information content (AvgIpc) is 2.35. The largest absolute Gasteiger partial charge is 0.478 e. The number of rotatable bonds is 8. The fourth-order valence-electron chi connectivity index (χ4n) is 1.51. The van der Waals surface area contributed by atoms with Crippen LogP contribution in [-0.2, 0) is 0 Å². The van der Waals surface area contributed by atoms with Crippen molar-refractivity contribution in [2.24, 2.45) is 0 Å². The summed E-state index contributed by atoms with van der Waals surface area (Å²) in [5.74, 6) is -0.549. The maximum Gasteiger partial charge on any atom is 0.337 e. The molecular weight excluding hydrogens is 256 g/mol. The van der Waals surface area contributed by atoms with Gasteiger partial charge < -0.3 is 15.5 Å². The summed E-state index contributed by atoms with van der Waals surface area (Å²) in [6.07, 6.45) is 5.12. The first-order chi connectivity index (χ1) is 8.65. The van der Waals surface area contributed by atoms with E-state index in [0.29, 0.717) is 5.82 Å². The Balaban J connectivity index is 2.38. The number of carbonyl (C=O) groups is 1. The highest BCUT2D eigenvalue weighted by molar-refractivity contribution is 6.33. The number of halogens is 1. The van der Waals surface area contributed by atoms with Crippen LogP contribution in [0.5, 0.6) is 0 Å². The van der Waals surface area contributed by atoms with Crippen molar-refractivity contribution < 1.29 is 15.0 Å². The fourth-order valence-corrected chi connectivity index (χ4v) is 1.69. The third kappa shape index (κ3) is 4.89. The third-order valence-corrected chi connectivity index (χ3v) is 2.78. The van der Waals surface area contributed by atoms with E-state index in [0.717, 1.165) is 32.2 Å². The summed E-state index contributed by atoms with van der Waals surface area (Å²) in [4.78, 5) is 14.9. The first-order valence-electron chi connectivity index (χ1n) is 5.88. The smallest absolute Gasteiger partial charge is 0.337 e. The third-order valence-electron chi connectivity index (χ3n) is 2.48. The van der Waals surface area contributed by atoms with E-state index in [1.165, 1.54) is 12.3 Å². The van der Waals surface area contributed by atoms with Gasteiger partial charge in [0, 0.05) is 19.3 Å². The molecule has 0 fully saturated rings. The Hall–Kier alpha value is -1.33. The van der Waals surface area contributed by atoms with Crippen LogP contribution in [0.4, 0.5) is 5.82 Å². The Morgan fingerprint density at radius 2 is 2.06 bits per heavy atom. The molecule has 0 aliphatic heterocycles. The summed E-state index contributed by atoms with van der Waals surface area (Å²) in [5, 5.41) is 20.7. The lowest BCUT2D eigenvalue weighted by molar-refractivity contribution is 0.0697. The number of aliphatic hydroxyl groups excluding tert-OH is 1. The molecule has 1 aromatic rings. The van der Waals surface area contributed by atoms with Gasteiger partial charge in [-0.15, -0.1) is 0 Å². The number of hydrogen-bond acceptors (Lipinski definition) is 4. The molecule has 6 heteroatoms. The lowest BCUT2D eigenvalue weighted by Crippen LogP contribution is -2.06. The van der Waals surface area contributed by atoms with Crippen LogP contribution in [0.25, 0.3) is 0 Å². The number of carboxylic acids is 1. The number of aliphatic hydroxyl groups is 1. The molecule has 0 aliphatic rings. The molecular formula is C12H17ClN2O3. The van der Waals surface area contributed by atoms with Crippen LogP contribution in [0, 0.1) is 0 Å². The molecule has 0 spiro atoms. The molecule has 0 aromatic carbocycles. The van der Waals surface area contributed by atoms with Crippen LogP contribution in [0.15, 0.2) is 12.3 Å². The van der Waals surface area contributed by atoms with Crippen molar-refractivity contribution >= 4 is 23.4 Å². The fraction of sp³-hybridized carbons (Fsp3) is 0.500. The average molecular weight is 273 g/mol. The Morgan fingerprint density at radius 1 is 1.33 bits per heavy atom. The first-order valence-corrected chi connectivity index (χ1v) is 6.26. The molecule has 0 saturated carbocycles. The van der Waals surface area contributed by atoms with Crippen molar-refractivity contribution in [1.29, 1.82) is 0 Å². The van der Waals surface area contributed by atoms with E-state index >= 15 is 0 Å². The van der Waals surface area contributed by atoms with E-state index in [2.05, 4.69) is 10.3 Å². The lowest BCUT2D eigenvalue weighted by Gasteiger charge is -2.06. The monoisotopic (exact) mass is 272 g/mol. The number of nitrogens with zero attached hydrogens (tertiary/aromatic N) is 1.